The lowest BCUT2D eigenvalue weighted by Gasteiger charge is -2.57. The van der Waals surface area contributed by atoms with Crippen LogP contribution in [0.25, 0.3) is 0 Å². The maximum Gasteiger partial charge on any atom is 0.306 e. The molecule has 0 aromatic rings. The fourth-order valence-electron chi connectivity index (χ4n) is 7.67. The van der Waals surface area contributed by atoms with Crippen LogP contribution in [0.2, 0.25) is 0 Å². The number of carbonyl (C=O) groups excluding carboxylic acids is 1. The molecule has 0 bridgehead atoms. The fourth-order valence-corrected chi connectivity index (χ4v) is 7.67. The second kappa shape index (κ2) is 4.89. The minimum absolute atomic E-state index is 0.0648. The van der Waals surface area contributed by atoms with Gasteiger partial charge < -0.3 is 4.74 Å². The summed E-state index contributed by atoms with van der Waals surface area (Å²) in [6, 6.07) is 0. The van der Waals surface area contributed by atoms with Gasteiger partial charge in [0.2, 0.25) is 0 Å². The SMILES string of the molecule is CC1(C)CCC2=C1CC[C@@H]1[C@@H]2CC[C@@H]2C[C@@H]3OC(=O)C[C@@H]3C[C@@]21C. The molecule has 0 amide bonds. The van der Waals surface area contributed by atoms with Crippen LogP contribution in [0.1, 0.15) is 78.6 Å². The summed E-state index contributed by atoms with van der Waals surface area (Å²) in [5.41, 5.74) is 4.61. The van der Waals surface area contributed by atoms with Crippen molar-refractivity contribution in [2.75, 3.05) is 0 Å². The molecule has 2 nitrogen and oxygen atoms in total. The van der Waals surface area contributed by atoms with Gasteiger partial charge in [-0.3, -0.25) is 4.79 Å². The van der Waals surface area contributed by atoms with Gasteiger partial charge in [0.15, 0.2) is 0 Å². The molecule has 132 valence electrons. The minimum atomic E-state index is 0.0648. The van der Waals surface area contributed by atoms with Gasteiger partial charge in [0.25, 0.3) is 0 Å². The van der Waals surface area contributed by atoms with E-state index in [0.717, 1.165) is 24.2 Å². The maximum absolute atomic E-state index is 11.8. The van der Waals surface area contributed by atoms with Gasteiger partial charge in [-0.05, 0) is 80.0 Å². The number of ether oxygens (including phenoxy) is 1. The summed E-state index contributed by atoms with van der Waals surface area (Å²) in [5, 5.41) is 0. The summed E-state index contributed by atoms with van der Waals surface area (Å²) in [5.74, 6) is 3.07. The molecule has 3 fully saturated rings. The monoisotopic (exact) mass is 328 g/mol. The zero-order valence-electron chi connectivity index (χ0n) is 15.6. The summed E-state index contributed by atoms with van der Waals surface area (Å²) < 4.78 is 5.64. The Morgan fingerprint density at radius 3 is 2.75 bits per heavy atom. The Hall–Kier alpha value is -0.790. The number of hydrogen-bond donors (Lipinski definition) is 0. The Morgan fingerprint density at radius 1 is 1.08 bits per heavy atom. The molecule has 0 radical (unpaired) electrons. The Bertz CT molecular complexity index is 615. The van der Waals surface area contributed by atoms with E-state index in [-0.39, 0.29) is 12.1 Å². The van der Waals surface area contributed by atoms with Crippen molar-refractivity contribution in [3.8, 4) is 0 Å². The van der Waals surface area contributed by atoms with E-state index >= 15 is 0 Å². The van der Waals surface area contributed by atoms with Gasteiger partial charge in [0.05, 0.1) is 6.42 Å². The van der Waals surface area contributed by atoms with E-state index in [4.69, 9.17) is 4.74 Å². The molecule has 1 heterocycles. The van der Waals surface area contributed by atoms with Gasteiger partial charge in [0, 0.05) is 5.92 Å². The lowest BCUT2D eigenvalue weighted by Crippen LogP contribution is -2.51. The van der Waals surface area contributed by atoms with Crippen LogP contribution < -0.4 is 0 Å². The smallest absolute Gasteiger partial charge is 0.306 e. The molecule has 1 aliphatic heterocycles. The summed E-state index contributed by atoms with van der Waals surface area (Å²) in [6.07, 6.45) is 11.5. The number of carbonyl (C=O) groups is 1. The third-order valence-electron chi connectivity index (χ3n) is 8.92. The van der Waals surface area contributed by atoms with Crippen LogP contribution >= 0.6 is 0 Å². The van der Waals surface area contributed by atoms with Crippen LogP contribution in [0.4, 0.5) is 0 Å². The Morgan fingerprint density at radius 2 is 1.92 bits per heavy atom. The summed E-state index contributed by atoms with van der Waals surface area (Å²) >= 11 is 0. The van der Waals surface area contributed by atoms with Crippen molar-refractivity contribution in [1.82, 2.24) is 0 Å². The zero-order chi connectivity index (χ0) is 16.7. The van der Waals surface area contributed by atoms with Crippen LogP contribution in [-0.2, 0) is 9.53 Å². The van der Waals surface area contributed by atoms with Gasteiger partial charge in [-0.2, -0.15) is 0 Å². The highest BCUT2D eigenvalue weighted by Gasteiger charge is 2.57. The molecular formula is C22H32O2. The number of rotatable bonds is 0. The first-order valence-corrected chi connectivity index (χ1v) is 10.3. The lowest BCUT2D eigenvalue weighted by molar-refractivity contribution is -0.145. The Labute approximate surface area is 146 Å². The highest BCUT2D eigenvalue weighted by atomic mass is 16.5. The van der Waals surface area contributed by atoms with Crippen LogP contribution in [0, 0.1) is 34.5 Å². The molecule has 0 spiro atoms. The molecule has 0 unspecified atom stereocenters. The summed E-state index contributed by atoms with van der Waals surface area (Å²) in [4.78, 5) is 11.8. The molecule has 2 heteroatoms. The molecule has 6 atom stereocenters. The van der Waals surface area contributed by atoms with E-state index in [1.807, 2.05) is 11.1 Å². The van der Waals surface area contributed by atoms with Crippen molar-refractivity contribution in [2.45, 2.75) is 84.7 Å². The molecule has 0 aromatic carbocycles. The highest BCUT2D eigenvalue weighted by molar-refractivity contribution is 5.72. The van der Waals surface area contributed by atoms with Crippen molar-refractivity contribution >= 4 is 5.97 Å². The molecule has 2 saturated carbocycles. The minimum Gasteiger partial charge on any atom is -0.462 e. The van der Waals surface area contributed by atoms with Crippen LogP contribution in [-0.4, -0.2) is 12.1 Å². The molecule has 4 aliphatic carbocycles. The third-order valence-corrected chi connectivity index (χ3v) is 8.92. The van der Waals surface area contributed by atoms with Gasteiger partial charge in [-0.25, -0.2) is 0 Å². The van der Waals surface area contributed by atoms with Crippen LogP contribution in [0.3, 0.4) is 0 Å². The Kier molecular flexibility index (Phi) is 3.15. The average Bonchev–Trinajstić information content (AvgIpc) is 3.03. The predicted molar refractivity (Wildman–Crippen MR) is 94.3 cm³/mol. The number of hydrogen-bond acceptors (Lipinski definition) is 2. The third kappa shape index (κ3) is 1.98. The van der Waals surface area contributed by atoms with E-state index in [9.17, 15) is 4.79 Å². The van der Waals surface area contributed by atoms with Crippen molar-refractivity contribution in [3.05, 3.63) is 11.1 Å². The first-order valence-electron chi connectivity index (χ1n) is 10.3. The molecule has 1 saturated heterocycles. The molecular weight excluding hydrogens is 296 g/mol. The largest absolute Gasteiger partial charge is 0.462 e. The quantitative estimate of drug-likeness (QED) is 0.447. The number of allylic oxidation sites excluding steroid dienone is 2. The van der Waals surface area contributed by atoms with E-state index in [1.165, 1.54) is 44.9 Å². The second-order valence-electron chi connectivity index (χ2n) is 10.4. The first-order chi connectivity index (χ1) is 11.4. The van der Waals surface area contributed by atoms with Crippen molar-refractivity contribution in [3.63, 3.8) is 0 Å². The maximum atomic E-state index is 11.8. The van der Waals surface area contributed by atoms with Gasteiger partial charge in [-0.15, -0.1) is 0 Å². The first kappa shape index (κ1) is 15.5. The van der Waals surface area contributed by atoms with Crippen molar-refractivity contribution in [2.24, 2.45) is 34.5 Å². The summed E-state index contributed by atoms with van der Waals surface area (Å²) in [6.45, 7) is 7.52. The number of esters is 1. The van der Waals surface area contributed by atoms with Gasteiger partial charge in [-0.1, -0.05) is 31.9 Å². The van der Waals surface area contributed by atoms with E-state index in [2.05, 4.69) is 20.8 Å². The topological polar surface area (TPSA) is 26.3 Å². The average molecular weight is 328 g/mol. The normalized spacial score (nSPS) is 49.1. The van der Waals surface area contributed by atoms with Crippen molar-refractivity contribution in [1.29, 1.82) is 0 Å². The molecule has 5 aliphatic rings. The lowest BCUT2D eigenvalue weighted by atomic mass is 9.47. The van der Waals surface area contributed by atoms with Crippen molar-refractivity contribution < 1.29 is 9.53 Å². The van der Waals surface area contributed by atoms with E-state index in [1.54, 1.807) is 0 Å². The van der Waals surface area contributed by atoms with Gasteiger partial charge >= 0.3 is 5.97 Å². The fraction of sp³-hybridized carbons (Fsp3) is 0.864. The van der Waals surface area contributed by atoms with E-state index in [0.29, 0.717) is 23.2 Å². The standard InChI is InChI=1S/C22H32O2/c1-21(2)9-8-16-15-5-4-14-11-19-13(10-20(23)24-19)12-22(14,3)18(15)7-6-17(16)21/h13-15,18-19H,4-12H2,1-3H3/t13-,14-,15-,18-,19+,22+/m1/s1. The highest BCUT2D eigenvalue weighted by Crippen LogP contribution is 2.65. The van der Waals surface area contributed by atoms with Crippen LogP contribution in [0.15, 0.2) is 11.1 Å². The zero-order valence-corrected chi connectivity index (χ0v) is 15.6. The van der Waals surface area contributed by atoms with Crippen LogP contribution in [0.5, 0.6) is 0 Å². The van der Waals surface area contributed by atoms with Gasteiger partial charge in [0.1, 0.15) is 6.10 Å². The molecule has 0 aromatic heterocycles. The molecule has 5 rings (SSSR count). The summed E-state index contributed by atoms with van der Waals surface area (Å²) in [7, 11) is 0. The molecule has 0 N–H and O–H groups in total. The van der Waals surface area contributed by atoms with E-state index < -0.39 is 0 Å². The molecule has 24 heavy (non-hydrogen) atoms. The predicted octanol–water partition coefficient (Wildman–Crippen LogP) is 5.27. The number of fused-ring (bicyclic) bond motifs is 5. The Balaban J connectivity index is 1.47. The second-order valence-corrected chi connectivity index (χ2v) is 10.4.